The normalized spacial score (nSPS) is 1.00. The van der Waals surface area contributed by atoms with Gasteiger partial charge in [-0.25, -0.2) is 0 Å². The monoisotopic (exact) mass is 143 g/mol. The van der Waals surface area contributed by atoms with E-state index in [1.807, 2.05) is 0 Å². The van der Waals surface area contributed by atoms with E-state index in [9.17, 15) is 0 Å². The van der Waals surface area contributed by atoms with Crippen LogP contribution in [0.4, 0.5) is 0 Å². The predicted molar refractivity (Wildman–Crippen MR) is 11.3 cm³/mol. The number of hydrogen-bond acceptors (Lipinski definition) is 0. The van der Waals surface area contributed by atoms with Crippen molar-refractivity contribution in [1.29, 1.82) is 0 Å². The van der Waals surface area contributed by atoms with E-state index in [1.165, 1.54) is 0 Å². The second kappa shape index (κ2) is 47.1. The molecule has 29 valence electrons. The van der Waals surface area contributed by atoms with Crippen LogP contribution in [0.1, 0.15) is 0 Å². The molecule has 2 heteroatoms. The molecule has 0 N–H and O–H groups in total. The Morgan fingerprint density at radius 2 is 1.00 bits per heavy atom. The van der Waals surface area contributed by atoms with Gasteiger partial charge >= 0.3 is 0 Å². The Bertz CT molecular complexity index is 6.00. The molecule has 4 heavy (non-hydrogen) atoms. The first-order valence-corrected chi connectivity index (χ1v) is 0.500. The van der Waals surface area contributed by atoms with E-state index in [0.717, 1.165) is 0 Å². The smallest absolute Gasteiger partial charge is 0 e. The standard InChI is InChI=1S/C2H4.Cr.Cu/c1-2;;/h1-2H2;;. The van der Waals surface area contributed by atoms with E-state index in [2.05, 4.69) is 13.2 Å². The molecular formula is C2H4CrCu. The summed E-state index contributed by atoms with van der Waals surface area (Å²) in [5.74, 6) is 0. The maximum Gasteiger partial charge on any atom is 0 e. The van der Waals surface area contributed by atoms with Crippen molar-refractivity contribution >= 4 is 0 Å². The predicted octanol–water partition coefficient (Wildman–Crippen LogP) is 0.797. The van der Waals surface area contributed by atoms with Gasteiger partial charge in [-0.1, -0.05) is 0 Å². The molecular weight excluding hydrogens is 140 g/mol. The van der Waals surface area contributed by atoms with Crippen molar-refractivity contribution in [2.75, 3.05) is 0 Å². The summed E-state index contributed by atoms with van der Waals surface area (Å²) >= 11 is 0. The molecule has 0 fully saturated rings. The van der Waals surface area contributed by atoms with E-state index in [-0.39, 0.29) is 34.4 Å². The van der Waals surface area contributed by atoms with E-state index in [1.54, 1.807) is 0 Å². The van der Waals surface area contributed by atoms with Crippen LogP contribution in [-0.2, 0) is 34.4 Å². The molecule has 0 rings (SSSR count). The first-order valence-electron chi connectivity index (χ1n) is 0.500. The molecule has 0 saturated carbocycles. The van der Waals surface area contributed by atoms with Gasteiger partial charge in [0.25, 0.3) is 0 Å². The SMILES string of the molecule is C=C.[Cr].[Cu]. The van der Waals surface area contributed by atoms with Crippen molar-refractivity contribution in [3.63, 3.8) is 0 Å². The van der Waals surface area contributed by atoms with Crippen LogP contribution in [0.15, 0.2) is 13.2 Å². The Hall–Kier alpha value is 0.792. The zero-order chi connectivity index (χ0) is 2.00. The Balaban J connectivity index is -0.00000000500. The van der Waals surface area contributed by atoms with E-state index in [0.29, 0.717) is 0 Å². The fourth-order valence-corrected chi connectivity index (χ4v) is 0. The molecule has 0 aromatic carbocycles. The molecule has 0 aliphatic heterocycles. The Kier molecular flexibility index (Phi) is 253. The molecule has 0 bridgehead atoms. The third-order valence-electron chi connectivity index (χ3n) is 0. The van der Waals surface area contributed by atoms with Crippen LogP contribution in [0.2, 0.25) is 0 Å². The Morgan fingerprint density at radius 1 is 1.00 bits per heavy atom. The Morgan fingerprint density at radius 3 is 1.00 bits per heavy atom. The van der Waals surface area contributed by atoms with Crippen LogP contribution in [-0.4, -0.2) is 0 Å². The van der Waals surface area contributed by atoms with Crippen LogP contribution in [0.25, 0.3) is 0 Å². The fourth-order valence-electron chi connectivity index (χ4n) is 0. The van der Waals surface area contributed by atoms with Gasteiger partial charge in [0.2, 0.25) is 0 Å². The van der Waals surface area contributed by atoms with Gasteiger partial charge in [-0.3, -0.25) is 0 Å². The van der Waals surface area contributed by atoms with Crippen LogP contribution in [0, 0.1) is 0 Å². The molecule has 0 aromatic heterocycles. The average molecular weight is 144 g/mol. The maximum atomic E-state index is 3.00. The number of hydrogen-bond donors (Lipinski definition) is 0. The van der Waals surface area contributed by atoms with Gasteiger partial charge in [0.1, 0.15) is 0 Å². The first kappa shape index (κ1) is 21.5. The molecule has 0 unspecified atom stereocenters. The zero-order valence-corrected chi connectivity index (χ0v) is 4.34. The minimum absolute atomic E-state index is 0. The fraction of sp³-hybridized carbons (Fsp3) is 0. The molecule has 0 atom stereocenters. The van der Waals surface area contributed by atoms with Gasteiger partial charge in [0, 0.05) is 34.4 Å². The molecule has 0 aliphatic rings. The summed E-state index contributed by atoms with van der Waals surface area (Å²) in [7, 11) is 0. The molecule has 0 aliphatic carbocycles. The average Bonchev–Trinajstić information content (AvgIpc) is 1.00. The van der Waals surface area contributed by atoms with Gasteiger partial charge in [0.05, 0.1) is 0 Å². The van der Waals surface area contributed by atoms with Crippen molar-refractivity contribution < 1.29 is 34.4 Å². The minimum atomic E-state index is 0. The van der Waals surface area contributed by atoms with E-state index >= 15 is 0 Å². The Labute approximate surface area is 47.9 Å². The quantitative estimate of drug-likeness (QED) is 0.348. The second-order valence-corrected chi connectivity index (χ2v) is 0. The summed E-state index contributed by atoms with van der Waals surface area (Å²) in [5, 5.41) is 0. The molecule has 1 radical (unpaired) electrons. The van der Waals surface area contributed by atoms with Crippen molar-refractivity contribution in [2.45, 2.75) is 0 Å². The molecule has 0 nitrogen and oxygen atoms in total. The van der Waals surface area contributed by atoms with Crippen LogP contribution < -0.4 is 0 Å². The van der Waals surface area contributed by atoms with Crippen LogP contribution >= 0.6 is 0 Å². The summed E-state index contributed by atoms with van der Waals surface area (Å²) in [5.41, 5.74) is 0. The number of rotatable bonds is 0. The van der Waals surface area contributed by atoms with Crippen molar-refractivity contribution in [2.24, 2.45) is 0 Å². The van der Waals surface area contributed by atoms with Crippen molar-refractivity contribution in [3.05, 3.63) is 13.2 Å². The molecule has 0 spiro atoms. The van der Waals surface area contributed by atoms with Gasteiger partial charge < -0.3 is 0 Å². The van der Waals surface area contributed by atoms with E-state index in [4.69, 9.17) is 0 Å². The summed E-state index contributed by atoms with van der Waals surface area (Å²) in [6.07, 6.45) is 0. The minimum Gasteiger partial charge on any atom is -0.106 e. The second-order valence-electron chi connectivity index (χ2n) is 0. The molecule has 0 aromatic rings. The summed E-state index contributed by atoms with van der Waals surface area (Å²) < 4.78 is 0. The van der Waals surface area contributed by atoms with Crippen molar-refractivity contribution in [3.8, 4) is 0 Å². The maximum absolute atomic E-state index is 3.00. The van der Waals surface area contributed by atoms with Crippen LogP contribution in [0.3, 0.4) is 0 Å². The topological polar surface area (TPSA) is 0 Å². The van der Waals surface area contributed by atoms with Gasteiger partial charge in [0.15, 0.2) is 0 Å². The largest absolute Gasteiger partial charge is 0.106 e. The molecule has 0 heterocycles. The van der Waals surface area contributed by atoms with Gasteiger partial charge in [-0.2, -0.15) is 0 Å². The van der Waals surface area contributed by atoms with Crippen molar-refractivity contribution in [1.82, 2.24) is 0 Å². The first-order chi connectivity index (χ1) is 1.00. The molecule has 0 saturated heterocycles. The third kappa shape index (κ3) is 14.3. The van der Waals surface area contributed by atoms with E-state index < -0.39 is 0 Å². The molecule has 0 amide bonds. The third-order valence-corrected chi connectivity index (χ3v) is 0. The summed E-state index contributed by atoms with van der Waals surface area (Å²) in [6.45, 7) is 6.00. The summed E-state index contributed by atoms with van der Waals surface area (Å²) in [4.78, 5) is 0. The van der Waals surface area contributed by atoms with Gasteiger partial charge in [-0.15, -0.1) is 13.2 Å². The van der Waals surface area contributed by atoms with Gasteiger partial charge in [-0.05, 0) is 0 Å². The summed E-state index contributed by atoms with van der Waals surface area (Å²) in [6, 6.07) is 0. The van der Waals surface area contributed by atoms with Crippen LogP contribution in [0.5, 0.6) is 0 Å². The zero-order valence-electron chi connectivity index (χ0n) is 2.12.